The van der Waals surface area contributed by atoms with Crippen LogP contribution in [-0.2, 0) is 0 Å². The molecule has 1 saturated carbocycles. The highest BCUT2D eigenvalue weighted by Gasteiger charge is 2.29. The van der Waals surface area contributed by atoms with Crippen molar-refractivity contribution < 1.29 is 5.11 Å². The molecule has 0 bridgehead atoms. The van der Waals surface area contributed by atoms with Crippen molar-refractivity contribution in [1.29, 1.82) is 10.5 Å². The minimum absolute atomic E-state index is 0.212. The van der Waals surface area contributed by atoms with E-state index in [4.69, 9.17) is 10.5 Å². The number of nitrogens with zero attached hydrogens (tertiary/aromatic N) is 2. The summed E-state index contributed by atoms with van der Waals surface area (Å²) in [7, 11) is 0. The van der Waals surface area contributed by atoms with E-state index in [0.29, 0.717) is 24.7 Å². The van der Waals surface area contributed by atoms with E-state index in [-0.39, 0.29) is 6.10 Å². The zero-order chi connectivity index (χ0) is 11.8. The second-order valence-corrected chi connectivity index (χ2v) is 4.67. The fraction of sp³-hybridized carbons (Fsp3) is 0.846. The van der Waals surface area contributed by atoms with Crippen LogP contribution < -0.4 is 0 Å². The highest BCUT2D eigenvalue weighted by atomic mass is 16.3. The summed E-state index contributed by atoms with van der Waals surface area (Å²) in [4.78, 5) is 0. The number of aliphatic hydroxyl groups excluding tert-OH is 1. The summed E-state index contributed by atoms with van der Waals surface area (Å²) in [6, 6.07) is 4.33. The summed E-state index contributed by atoms with van der Waals surface area (Å²) in [5.74, 6) is 0.671. The number of hydrogen-bond acceptors (Lipinski definition) is 3. The van der Waals surface area contributed by atoms with Crippen molar-refractivity contribution in [2.24, 2.45) is 11.8 Å². The van der Waals surface area contributed by atoms with E-state index in [0.717, 1.165) is 32.1 Å². The molecule has 1 rings (SSSR count). The van der Waals surface area contributed by atoms with Crippen molar-refractivity contribution in [3.63, 3.8) is 0 Å². The van der Waals surface area contributed by atoms with Crippen LogP contribution in [0.2, 0.25) is 0 Å². The summed E-state index contributed by atoms with van der Waals surface area (Å²) < 4.78 is 0. The molecule has 0 aliphatic heterocycles. The molecule has 0 aromatic heterocycles. The maximum atomic E-state index is 9.97. The first kappa shape index (κ1) is 13.0. The molecule has 0 heterocycles. The van der Waals surface area contributed by atoms with E-state index in [1.54, 1.807) is 0 Å². The molecule has 2 unspecified atom stereocenters. The summed E-state index contributed by atoms with van der Waals surface area (Å²) >= 11 is 0. The van der Waals surface area contributed by atoms with Gasteiger partial charge in [0, 0.05) is 12.8 Å². The number of rotatable bonds is 5. The second kappa shape index (κ2) is 7.25. The third-order valence-corrected chi connectivity index (χ3v) is 3.64. The first-order valence-corrected chi connectivity index (χ1v) is 6.21. The molecule has 0 radical (unpaired) electrons. The van der Waals surface area contributed by atoms with Crippen LogP contribution in [-0.4, -0.2) is 11.2 Å². The molecule has 3 nitrogen and oxygen atoms in total. The van der Waals surface area contributed by atoms with Crippen LogP contribution in [0.3, 0.4) is 0 Å². The van der Waals surface area contributed by atoms with Crippen molar-refractivity contribution in [3.8, 4) is 12.1 Å². The molecule has 3 heteroatoms. The molecule has 1 fully saturated rings. The first-order chi connectivity index (χ1) is 7.79. The minimum Gasteiger partial charge on any atom is -0.393 e. The molecule has 0 aromatic carbocycles. The Morgan fingerprint density at radius 1 is 1.06 bits per heavy atom. The van der Waals surface area contributed by atoms with Crippen LogP contribution in [0, 0.1) is 34.5 Å². The predicted molar refractivity (Wildman–Crippen MR) is 61.1 cm³/mol. The number of aliphatic hydroxyl groups is 1. The van der Waals surface area contributed by atoms with Gasteiger partial charge in [-0.05, 0) is 37.5 Å². The standard InChI is InChI=1S/C13H20N2O/c14-9-3-5-11(6-4-10-15)12-7-1-2-8-13(12)16/h11-13,16H,1-8H2. The Kier molecular flexibility index (Phi) is 5.90. The normalized spacial score (nSPS) is 25.0. The molecule has 1 aliphatic carbocycles. The summed E-state index contributed by atoms with van der Waals surface area (Å²) in [6.45, 7) is 0. The zero-order valence-corrected chi connectivity index (χ0v) is 9.73. The van der Waals surface area contributed by atoms with Crippen LogP contribution in [0.4, 0.5) is 0 Å². The highest BCUT2D eigenvalue weighted by Crippen LogP contribution is 2.35. The second-order valence-electron chi connectivity index (χ2n) is 4.67. The van der Waals surface area contributed by atoms with Crippen LogP contribution in [0.1, 0.15) is 51.4 Å². The summed E-state index contributed by atoms with van der Waals surface area (Å²) in [6.07, 6.45) is 6.77. The maximum absolute atomic E-state index is 9.97. The largest absolute Gasteiger partial charge is 0.393 e. The first-order valence-electron chi connectivity index (χ1n) is 6.21. The van der Waals surface area contributed by atoms with E-state index >= 15 is 0 Å². The van der Waals surface area contributed by atoms with Crippen LogP contribution >= 0.6 is 0 Å². The van der Waals surface area contributed by atoms with Crippen LogP contribution in [0.5, 0.6) is 0 Å². The lowest BCUT2D eigenvalue weighted by Crippen LogP contribution is -2.31. The molecule has 0 spiro atoms. The zero-order valence-electron chi connectivity index (χ0n) is 9.73. The Labute approximate surface area is 97.7 Å². The quantitative estimate of drug-likeness (QED) is 0.774. The molecular weight excluding hydrogens is 200 g/mol. The highest BCUT2D eigenvalue weighted by molar-refractivity contribution is 4.85. The lowest BCUT2D eigenvalue weighted by molar-refractivity contribution is 0.0323. The Morgan fingerprint density at radius 2 is 1.62 bits per heavy atom. The van der Waals surface area contributed by atoms with Gasteiger partial charge in [-0.2, -0.15) is 10.5 Å². The third kappa shape index (κ3) is 3.83. The molecule has 0 amide bonds. The third-order valence-electron chi connectivity index (χ3n) is 3.64. The predicted octanol–water partition coefficient (Wildman–Crippen LogP) is 2.76. The van der Waals surface area contributed by atoms with Gasteiger partial charge >= 0.3 is 0 Å². The molecule has 16 heavy (non-hydrogen) atoms. The monoisotopic (exact) mass is 220 g/mol. The fourth-order valence-corrected chi connectivity index (χ4v) is 2.76. The van der Waals surface area contributed by atoms with Gasteiger partial charge in [-0.1, -0.05) is 12.8 Å². The van der Waals surface area contributed by atoms with E-state index < -0.39 is 0 Å². The topological polar surface area (TPSA) is 67.8 Å². The number of nitriles is 2. The average molecular weight is 220 g/mol. The van der Waals surface area contributed by atoms with Gasteiger partial charge < -0.3 is 5.11 Å². The van der Waals surface area contributed by atoms with Crippen LogP contribution in [0.25, 0.3) is 0 Å². The Morgan fingerprint density at radius 3 is 2.12 bits per heavy atom. The van der Waals surface area contributed by atoms with Gasteiger partial charge in [-0.3, -0.25) is 0 Å². The molecule has 1 N–H and O–H groups in total. The Bertz CT molecular complexity index is 259. The lowest BCUT2D eigenvalue weighted by atomic mass is 9.74. The van der Waals surface area contributed by atoms with Crippen molar-refractivity contribution in [1.82, 2.24) is 0 Å². The molecular formula is C13H20N2O. The van der Waals surface area contributed by atoms with Gasteiger partial charge in [0.2, 0.25) is 0 Å². The summed E-state index contributed by atoms with van der Waals surface area (Å²) in [5.41, 5.74) is 0. The van der Waals surface area contributed by atoms with E-state index in [2.05, 4.69) is 12.1 Å². The smallest absolute Gasteiger partial charge is 0.0621 e. The van der Waals surface area contributed by atoms with Crippen molar-refractivity contribution in [2.75, 3.05) is 0 Å². The molecule has 88 valence electrons. The Balaban J connectivity index is 2.52. The van der Waals surface area contributed by atoms with E-state index in [9.17, 15) is 5.11 Å². The number of hydrogen-bond donors (Lipinski definition) is 1. The summed E-state index contributed by atoms with van der Waals surface area (Å²) in [5, 5.41) is 27.2. The maximum Gasteiger partial charge on any atom is 0.0621 e. The molecule has 0 saturated heterocycles. The Hall–Kier alpha value is -1.06. The van der Waals surface area contributed by atoms with E-state index in [1.165, 1.54) is 6.42 Å². The fourth-order valence-electron chi connectivity index (χ4n) is 2.76. The SMILES string of the molecule is N#CCCC(CCC#N)C1CCCCC1O. The van der Waals surface area contributed by atoms with Gasteiger partial charge in [-0.25, -0.2) is 0 Å². The van der Waals surface area contributed by atoms with Gasteiger partial charge in [-0.15, -0.1) is 0 Å². The van der Waals surface area contributed by atoms with Crippen molar-refractivity contribution >= 4 is 0 Å². The molecule has 2 atom stereocenters. The van der Waals surface area contributed by atoms with Gasteiger partial charge in [0.15, 0.2) is 0 Å². The van der Waals surface area contributed by atoms with Gasteiger partial charge in [0.25, 0.3) is 0 Å². The van der Waals surface area contributed by atoms with Gasteiger partial charge in [0.1, 0.15) is 0 Å². The molecule has 1 aliphatic rings. The van der Waals surface area contributed by atoms with Gasteiger partial charge in [0.05, 0.1) is 18.2 Å². The average Bonchev–Trinajstić information content (AvgIpc) is 2.31. The lowest BCUT2D eigenvalue weighted by Gasteiger charge is -2.33. The van der Waals surface area contributed by atoms with Crippen molar-refractivity contribution in [3.05, 3.63) is 0 Å². The van der Waals surface area contributed by atoms with Crippen LogP contribution in [0.15, 0.2) is 0 Å². The molecule has 0 aromatic rings. The van der Waals surface area contributed by atoms with E-state index in [1.807, 2.05) is 0 Å². The minimum atomic E-state index is -0.212. The van der Waals surface area contributed by atoms with Crippen molar-refractivity contribution in [2.45, 2.75) is 57.5 Å².